The molecular formula is C17H22N2O2. The monoisotopic (exact) mass is 286 g/mol. The van der Waals surface area contributed by atoms with Gasteiger partial charge in [-0.15, -0.1) is 0 Å². The third-order valence-electron chi connectivity index (χ3n) is 3.14. The molecule has 0 aliphatic heterocycles. The number of benzene rings is 1. The quantitative estimate of drug-likeness (QED) is 0.690. The van der Waals surface area contributed by atoms with Gasteiger partial charge in [-0.1, -0.05) is 30.3 Å². The van der Waals surface area contributed by atoms with Gasteiger partial charge in [-0.2, -0.15) is 0 Å². The van der Waals surface area contributed by atoms with Gasteiger partial charge in [0.25, 0.3) is 0 Å². The summed E-state index contributed by atoms with van der Waals surface area (Å²) >= 11 is 0. The van der Waals surface area contributed by atoms with Crippen LogP contribution in [0.1, 0.15) is 11.1 Å². The molecule has 0 saturated carbocycles. The lowest BCUT2D eigenvalue weighted by molar-refractivity contribution is 0.0290. The van der Waals surface area contributed by atoms with Crippen LogP contribution in [0.3, 0.4) is 0 Å². The molecule has 0 aliphatic rings. The van der Waals surface area contributed by atoms with Crippen LogP contribution in [0.2, 0.25) is 0 Å². The topological polar surface area (TPSA) is 54.4 Å². The van der Waals surface area contributed by atoms with Gasteiger partial charge in [-0.25, -0.2) is 0 Å². The Morgan fingerprint density at radius 2 is 1.81 bits per heavy atom. The first-order valence-corrected chi connectivity index (χ1v) is 7.24. The van der Waals surface area contributed by atoms with Gasteiger partial charge in [-0.3, -0.25) is 4.98 Å². The van der Waals surface area contributed by atoms with Gasteiger partial charge >= 0.3 is 0 Å². The minimum Gasteiger partial charge on any atom is -0.389 e. The number of aliphatic hydroxyl groups is 1. The summed E-state index contributed by atoms with van der Waals surface area (Å²) in [5.74, 6) is 0. The van der Waals surface area contributed by atoms with Crippen LogP contribution in [-0.4, -0.2) is 35.9 Å². The van der Waals surface area contributed by atoms with Crippen molar-refractivity contribution in [3.63, 3.8) is 0 Å². The fourth-order valence-corrected chi connectivity index (χ4v) is 2.00. The van der Waals surface area contributed by atoms with Crippen molar-refractivity contribution < 1.29 is 9.84 Å². The fraction of sp³-hybridized carbons (Fsp3) is 0.353. The molecule has 1 aromatic carbocycles. The van der Waals surface area contributed by atoms with Gasteiger partial charge in [0.15, 0.2) is 0 Å². The summed E-state index contributed by atoms with van der Waals surface area (Å²) in [5.41, 5.74) is 2.36. The molecule has 1 atom stereocenters. The molecule has 4 heteroatoms. The van der Waals surface area contributed by atoms with Crippen LogP contribution in [0.15, 0.2) is 54.9 Å². The van der Waals surface area contributed by atoms with E-state index in [-0.39, 0.29) is 0 Å². The number of aliphatic hydroxyl groups excluding tert-OH is 1. The second-order valence-corrected chi connectivity index (χ2v) is 4.96. The van der Waals surface area contributed by atoms with Crippen molar-refractivity contribution >= 4 is 0 Å². The van der Waals surface area contributed by atoms with Crippen molar-refractivity contribution in [3.8, 4) is 0 Å². The zero-order valence-electron chi connectivity index (χ0n) is 12.1. The van der Waals surface area contributed by atoms with Crippen LogP contribution in [-0.2, 0) is 17.8 Å². The molecule has 2 rings (SSSR count). The second kappa shape index (κ2) is 9.23. The summed E-state index contributed by atoms with van der Waals surface area (Å²) in [6, 6.07) is 14.0. The van der Waals surface area contributed by atoms with Crippen LogP contribution in [0.25, 0.3) is 0 Å². The molecule has 4 nitrogen and oxygen atoms in total. The highest BCUT2D eigenvalue weighted by molar-refractivity contribution is 5.13. The number of ether oxygens (including phenoxy) is 1. The Labute approximate surface area is 125 Å². The first-order chi connectivity index (χ1) is 10.3. The minimum absolute atomic E-state index is 0.344. The van der Waals surface area contributed by atoms with E-state index >= 15 is 0 Å². The van der Waals surface area contributed by atoms with E-state index in [2.05, 4.69) is 10.3 Å². The zero-order chi connectivity index (χ0) is 14.8. The van der Waals surface area contributed by atoms with Gasteiger partial charge in [0.2, 0.25) is 0 Å². The average molecular weight is 286 g/mol. The minimum atomic E-state index is -0.480. The average Bonchev–Trinajstić information content (AvgIpc) is 2.54. The molecule has 0 fully saturated rings. The molecule has 2 N–H and O–H groups in total. The normalized spacial score (nSPS) is 12.2. The zero-order valence-corrected chi connectivity index (χ0v) is 12.1. The molecule has 0 radical (unpaired) electrons. The maximum Gasteiger partial charge on any atom is 0.0897 e. The predicted molar refractivity (Wildman–Crippen MR) is 82.9 cm³/mol. The van der Waals surface area contributed by atoms with Crippen molar-refractivity contribution in [3.05, 3.63) is 66.0 Å². The maximum atomic E-state index is 9.83. The Morgan fingerprint density at radius 1 is 1.05 bits per heavy atom. The van der Waals surface area contributed by atoms with E-state index in [1.165, 1.54) is 5.56 Å². The molecular weight excluding hydrogens is 264 g/mol. The summed E-state index contributed by atoms with van der Waals surface area (Å²) < 4.78 is 5.50. The smallest absolute Gasteiger partial charge is 0.0897 e. The Hall–Kier alpha value is -1.75. The Balaban J connectivity index is 1.52. The number of aromatic nitrogens is 1. The number of hydrogen-bond donors (Lipinski definition) is 2. The van der Waals surface area contributed by atoms with Gasteiger partial charge in [0.05, 0.1) is 19.3 Å². The third kappa shape index (κ3) is 6.49. The maximum absolute atomic E-state index is 9.83. The molecule has 0 spiro atoms. The first-order valence-electron chi connectivity index (χ1n) is 7.24. The van der Waals surface area contributed by atoms with Crippen molar-refractivity contribution in [2.45, 2.75) is 19.1 Å². The van der Waals surface area contributed by atoms with Crippen molar-refractivity contribution in [2.24, 2.45) is 0 Å². The van der Waals surface area contributed by atoms with Gasteiger partial charge in [0.1, 0.15) is 0 Å². The highest BCUT2D eigenvalue weighted by Gasteiger charge is 2.03. The number of pyridine rings is 1. The molecule has 2 aromatic rings. The highest BCUT2D eigenvalue weighted by Crippen LogP contribution is 2.01. The lowest BCUT2D eigenvalue weighted by atomic mass is 10.2. The molecule has 21 heavy (non-hydrogen) atoms. The number of nitrogens with one attached hydrogen (secondary N) is 1. The van der Waals surface area contributed by atoms with E-state index in [0.29, 0.717) is 19.8 Å². The summed E-state index contributed by atoms with van der Waals surface area (Å²) in [5, 5.41) is 13.1. The predicted octanol–water partition coefficient (Wildman–Crippen LogP) is 1.79. The van der Waals surface area contributed by atoms with E-state index < -0.39 is 6.10 Å². The molecule has 0 amide bonds. The fourth-order valence-electron chi connectivity index (χ4n) is 2.00. The first kappa shape index (κ1) is 15.6. The van der Waals surface area contributed by atoms with E-state index in [1.54, 1.807) is 12.4 Å². The van der Waals surface area contributed by atoms with Crippen molar-refractivity contribution in [1.29, 1.82) is 0 Å². The van der Waals surface area contributed by atoms with Crippen LogP contribution in [0.4, 0.5) is 0 Å². The Bertz CT molecular complexity index is 491. The lowest BCUT2D eigenvalue weighted by Gasteiger charge is -2.12. The van der Waals surface area contributed by atoms with Crippen molar-refractivity contribution in [2.75, 3.05) is 19.7 Å². The number of rotatable bonds is 9. The van der Waals surface area contributed by atoms with Crippen LogP contribution in [0.5, 0.6) is 0 Å². The summed E-state index contributed by atoms with van der Waals surface area (Å²) in [6.45, 7) is 2.26. The Kier molecular flexibility index (Phi) is 6.88. The van der Waals surface area contributed by atoms with Crippen molar-refractivity contribution in [1.82, 2.24) is 10.3 Å². The van der Waals surface area contributed by atoms with Gasteiger partial charge in [0, 0.05) is 18.9 Å². The molecule has 1 unspecified atom stereocenters. The van der Waals surface area contributed by atoms with Crippen LogP contribution >= 0.6 is 0 Å². The number of hydrogen-bond acceptors (Lipinski definition) is 4. The Morgan fingerprint density at radius 3 is 2.57 bits per heavy atom. The summed E-state index contributed by atoms with van der Waals surface area (Å²) in [6.07, 6.45) is 4.04. The summed E-state index contributed by atoms with van der Waals surface area (Å²) in [7, 11) is 0. The summed E-state index contributed by atoms with van der Waals surface area (Å²) in [4.78, 5) is 3.98. The largest absolute Gasteiger partial charge is 0.389 e. The molecule has 112 valence electrons. The number of nitrogens with zero attached hydrogens (tertiary/aromatic N) is 1. The van der Waals surface area contributed by atoms with Crippen LogP contribution in [0, 0.1) is 0 Å². The van der Waals surface area contributed by atoms with Gasteiger partial charge in [-0.05, 0) is 36.2 Å². The molecule has 0 bridgehead atoms. The lowest BCUT2D eigenvalue weighted by Crippen LogP contribution is -2.31. The molecule has 1 aromatic heterocycles. The van der Waals surface area contributed by atoms with Crippen LogP contribution < -0.4 is 5.32 Å². The SMILES string of the molecule is OC(CNCCc1ccncc1)COCc1ccccc1. The third-order valence-corrected chi connectivity index (χ3v) is 3.14. The highest BCUT2D eigenvalue weighted by atomic mass is 16.5. The second-order valence-electron chi connectivity index (χ2n) is 4.96. The van der Waals surface area contributed by atoms with E-state index in [1.807, 2.05) is 42.5 Å². The van der Waals surface area contributed by atoms with Gasteiger partial charge < -0.3 is 15.2 Å². The van der Waals surface area contributed by atoms with E-state index in [9.17, 15) is 5.11 Å². The molecule has 0 aliphatic carbocycles. The molecule has 0 saturated heterocycles. The van der Waals surface area contributed by atoms with E-state index in [4.69, 9.17) is 4.74 Å². The standard InChI is InChI=1S/C17H22N2O2/c20-17(14-21-13-16-4-2-1-3-5-16)12-19-11-8-15-6-9-18-10-7-15/h1-7,9-10,17,19-20H,8,11-14H2. The molecule has 1 heterocycles. The van der Waals surface area contributed by atoms with E-state index in [0.717, 1.165) is 18.5 Å².